The second-order valence-corrected chi connectivity index (χ2v) is 4.99. The summed E-state index contributed by atoms with van der Waals surface area (Å²) in [4.78, 5) is 16.1. The number of aromatic nitrogens is 1. The zero-order chi connectivity index (χ0) is 13.8. The van der Waals surface area contributed by atoms with Gasteiger partial charge in [-0.2, -0.15) is 0 Å². The number of amides is 1. The van der Waals surface area contributed by atoms with Gasteiger partial charge in [0.15, 0.2) is 0 Å². The number of carbonyl (C=O) groups excluding carboxylic acids is 1. The zero-order valence-electron chi connectivity index (χ0n) is 11.5. The monoisotopic (exact) mass is 267 g/mol. The summed E-state index contributed by atoms with van der Waals surface area (Å²) in [7, 11) is 0. The van der Waals surface area contributed by atoms with Gasteiger partial charge >= 0.3 is 0 Å². The van der Waals surface area contributed by atoms with Crippen molar-refractivity contribution in [3.63, 3.8) is 0 Å². The van der Waals surface area contributed by atoms with E-state index in [4.69, 9.17) is 4.52 Å². The van der Waals surface area contributed by atoms with Crippen molar-refractivity contribution in [2.45, 2.75) is 26.4 Å². The Morgan fingerprint density at radius 3 is 2.68 bits per heavy atom. The maximum Gasteiger partial charge on any atom is 0.292 e. The molecular formula is C13H21N3O3. The number of hydrogen-bond donors (Lipinski definition) is 1. The first-order chi connectivity index (χ1) is 9.10. The van der Waals surface area contributed by atoms with E-state index in [2.05, 4.69) is 10.1 Å². The standard InChI is InChI=1S/C13H21N3O3/c1-3-11(17)9-15-4-6-16(7-5-15)13(18)12-8-10(2)14-19-12/h8,11,17H,3-7,9H2,1-2H3/t11-/m0/s1. The van der Waals surface area contributed by atoms with E-state index in [1.54, 1.807) is 17.9 Å². The highest BCUT2D eigenvalue weighted by atomic mass is 16.5. The first-order valence-corrected chi connectivity index (χ1v) is 6.73. The third kappa shape index (κ3) is 3.54. The topological polar surface area (TPSA) is 69.8 Å². The fourth-order valence-electron chi connectivity index (χ4n) is 2.18. The average Bonchev–Trinajstić information content (AvgIpc) is 2.85. The fourth-order valence-corrected chi connectivity index (χ4v) is 2.18. The molecule has 19 heavy (non-hydrogen) atoms. The Morgan fingerprint density at radius 2 is 2.16 bits per heavy atom. The minimum Gasteiger partial charge on any atom is -0.392 e. The van der Waals surface area contributed by atoms with Crippen molar-refractivity contribution in [2.75, 3.05) is 32.7 Å². The predicted octanol–water partition coefficient (Wildman–Crippen LogP) is 0.512. The average molecular weight is 267 g/mol. The molecule has 1 aromatic rings. The number of piperazine rings is 1. The summed E-state index contributed by atoms with van der Waals surface area (Å²) in [6, 6.07) is 1.66. The molecule has 2 rings (SSSR count). The van der Waals surface area contributed by atoms with E-state index < -0.39 is 0 Å². The lowest BCUT2D eigenvalue weighted by Crippen LogP contribution is -2.50. The quantitative estimate of drug-likeness (QED) is 0.861. The first kappa shape index (κ1) is 14.0. The molecule has 0 spiro atoms. The van der Waals surface area contributed by atoms with E-state index in [1.807, 2.05) is 6.92 Å². The maximum atomic E-state index is 12.1. The van der Waals surface area contributed by atoms with Gasteiger partial charge in [-0.3, -0.25) is 9.69 Å². The fraction of sp³-hybridized carbons (Fsp3) is 0.692. The molecule has 106 valence electrons. The van der Waals surface area contributed by atoms with Gasteiger partial charge in [-0.15, -0.1) is 0 Å². The molecule has 1 amide bonds. The zero-order valence-corrected chi connectivity index (χ0v) is 11.5. The number of nitrogens with zero attached hydrogens (tertiary/aromatic N) is 3. The third-order valence-electron chi connectivity index (χ3n) is 3.44. The minimum atomic E-state index is -0.279. The molecule has 6 heteroatoms. The Labute approximate surface area is 113 Å². The van der Waals surface area contributed by atoms with Gasteiger partial charge in [0.25, 0.3) is 5.91 Å². The van der Waals surface area contributed by atoms with Crippen LogP contribution in [-0.4, -0.2) is 64.8 Å². The van der Waals surface area contributed by atoms with Gasteiger partial charge in [-0.05, 0) is 13.3 Å². The van der Waals surface area contributed by atoms with Crippen LogP contribution in [0.1, 0.15) is 29.6 Å². The Hall–Kier alpha value is -1.40. The van der Waals surface area contributed by atoms with Crippen LogP contribution in [-0.2, 0) is 0 Å². The van der Waals surface area contributed by atoms with Gasteiger partial charge in [0.2, 0.25) is 5.76 Å². The maximum absolute atomic E-state index is 12.1. The predicted molar refractivity (Wildman–Crippen MR) is 69.9 cm³/mol. The van der Waals surface area contributed by atoms with Crippen LogP contribution < -0.4 is 0 Å². The molecule has 1 aromatic heterocycles. The van der Waals surface area contributed by atoms with Gasteiger partial charge < -0.3 is 14.5 Å². The number of hydrogen-bond acceptors (Lipinski definition) is 5. The largest absolute Gasteiger partial charge is 0.392 e. The summed E-state index contributed by atoms with van der Waals surface area (Å²) >= 11 is 0. The highest BCUT2D eigenvalue weighted by Gasteiger charge is 2.25. The molecule has 0 bridgehead atoms. The van der Waals surface area contributed by atoms with Crippen molar-refractivity contribution in [1.82, 2.24) is 15.0 Å². The van der Waals surface area contributed by atoms with Crippen LogP contribution in [0.5, 0.6) is 0 Å². The van der Waals surface area contributed by atoms with Crippen molar-refractivity contribution in [3.8, 4) is 0 Å². The molecule has 0 aromatic carbocycles. The molecule has 1 N–H and O–H groups in total. The highest BCUT2D eigenvalue weighted by Crippen LogP contribution is 2.10. The van der Waals surface area contributed by atoms with Crippen LogP contribution in [0.15, 0.2) is 10.6 Å². The normalized spacial score (nSPS) is 18.6. The van der Waals surface area contributed by atoms with Crippen LogP contribution in [0.25, 0.3) is 0 Å². The van der Waals surface area contributed by atoms with Crippen LogP contribution >= 0.6 is 0 Å². The second-order valence-electron chi connectivity index (χ2n) is 4.99. The molecule has 1 atom stereocenters. The summed E-state index contributed by atoms with van der Waals surface area (Å²) < 4.78 is 4.99. The van der Waals surface area contributed by atoms with E-state index in [9.17, 15) is 9.90 Å². The molecule has 0 saturated carbocycles. The van der Waals surface area contributed by atoms with Crippen molar-refractivity contribution >= 4 is 5.91 Å². The lowest BCUT2D eigenvalue weighted by molar-refractivity contribution is 0.0493. The molecule has 1 fully saturated rings. The van der Waals surface area contributed by atoms with Gasteiger partial charge in [-0.25, -0.2) is 0 Å². The number of aliphatic hydroxyl groups excluding tert-OH is 1. The number of aliphatic hydroxyl groups is 1. The van der Waals surface area contributed by atoms with E-state index in [1.165, 1.54) is 0 Å². The molecule has 2 heterocycles. The number of carbonyl (C=O) groups is 1. The van der Waals surface area contributed by atoms with Crippen molar-refractivity contribution in [1.29, 1.82) is 0 Å². The molecule has 1 saturated heterocycles. The van der Waals surface area contributed by atoms with Crippen molar-refractivity contribution in [2.24, 2.45) is 0 Å². The number of rotatable bonds is 4. The Kier molecular flexibility index (Phi) is 4.55. The van der Waals surface area contributed by atoms with E-state index in [0.29, 0.717) is 31.1 Å². The lowest BCUT2D eigenvalue weighted by Gasteiger charge is -2.35. The Morgan fingerprint density at radius 1 is 1.47 bits per heavy atom. The molecule has 0 radical (unpaired) electrons. The minimum absolute atomic E-state index is 0.101. The SMILES string of the molecule is CC[C@H](O)CN1CCN(C(=O)c2cc(C)no2)CC1. The molecule has 1 aliphatic rings. The van der Waals surface area contributed by atoms with Crippen LogP contribution in [0.2, 0.25) is 0 Å². The van der Waals surface area contributed by atoms with Crippen LogP contribution in [0.3, 0.4) is 0 Å². The Balaban J connectivity index is 1.84. The number of β-amino-alcohol motifs (C(OH)–C–C–N with tert-alkyl or cyclic N) is 1. The molecular weight excluding hydrogens is 246 g/mol. The summed E-state index contributed by atoms with van der Waals surface area (Å²) in [5.41, 5.74) is 0.716. The van der Waals surface area contributed by atoms with Crippen molar-refractivity contribution in [3.05, 3.63) is 17.5 Å². The molecule has 0 aliphatic carbocycles. The second kappa shape index (κ2) is 6.16. The lowest BCUT2D eigenvalue weighted by atomic mass is 10.2. The summed E-state index contributed by atoms with van der Waals surface area (Å²) in [5.74, 6) is 0.204. The van der Waals surface area contributed by atoms with E-state index in [0.717, 1.165) is 19.5 Å². The van der Waals surface area contributed by atoms with Crippen LogP contribution in [0.4, 0.5) is 0 Å². The van der Waals surface area contributed by atoms with Crippen molar-refractivity contribution < 1.29 is 14.4 Å². The van der Waals surface area contributed by atoms with E-state index >= 15 is 0 Å². The van der Waals surface area contributed by atoms with Gasteiger partial charge in [0.05, 0.1) is 11.8 Å². The van der Waals surface area contributed by atoms with Gasteiger partial charge in [-0.1, -0.05) is 12.1 Å². The summed E-state index contributed by atoms with van der Waals surface area (Å²) in [6.45, 7) is 7.34. The Bertz CT molecular complexity index is 425. The number of aryl methyl sites for hydroxylation is 1. The highest BCUT2D eigenvalue weighted by molar-refractivity contribution is 5.91. The smallest absolute Gasteiger partial charge is 0.292 e. The molecule has 6 nitrogen and oxygen atoms in total. The molecule has 0 unspecified atom stereocenters. The van der Waals surface area contributed by atoms with Gasteiger partial charge in [0, 0.05) is 38.8 Å². The third-order valence-corrected chi connectivity index (χ3v) is 3.44. The van der Waals surface area contributed by atoms with E-state index in [-0.39, 0.29) is 12.0 Å². The molecule has 1 aliphatic heterocycles. The van der Waals surface area contributed by atoms with Crippen LogP contribution in [0, 0.1) is 6.92 Å². The van der Waals surface area contributed by atoms with Gasteiger partial charge in [0.1, 0.15) is 0 Å². The summed E-state index contributed by atoms with van der Waals surface area (Å²) in [5, 5.41) is 13.4. The first-order valence-electron chi connectivity index (χ1n) is 6.73. The summed E-state index contributed by atoms with van der Waals surface area (Å²) in [6.07, 6.45) is 0.482.